The Labute approximate surface area is 146 Å². The van der Waals surface area contributed by atoms with Gasteiger partial charge in [-0.2, -0.15) is 0 Å². The van der Waals surface area contributed by atoms with Crippen molar-refractivity contribution in [2.75, 3.05) is 25.1 Å². The molecule has 0 saturated heterocycles. The van der Waals surface area contributed by atoms with Crippen LogP contribution in [0, 0.1) is 0 Å². The van der Waals surface area contributed by atoms with Crippen LogP contribution < -0.4 is 10.6 Å². The minimum atomic E-state index is -0.861. The Bertz CT molecular complexity index is 447. The standard InChI is InChI=1S/C16H33N3O2S2/c1-6-22(20)14-9-7-8-13(12-14)19-15(17-5)18-10-11-23(21)16(2,3)4/h13-14H,6-12H2,1-5H3,(H2,17,18,19). The van der Waals surface area contributed by atoms with E-state index in [2.05, 4.69) is 15.6 Å². The zero-order chi connectivity index (χ0) is 17.5. The summed E-state index contributed by atoms with van der Waals surface area (Å²) < 4.78 is 23.9. The number of guanidine groups is 1. The van der Waals surface area contributed by atoms with Gasteiger partial charge in [-0.3, -0.25) is 13.4 Å². The molecule has 0 amide bonds. The molecule has 0 aromatic rings. The molecule has 136 valence electrons. The number of nitrogens with zero attached hydrogens (tertiary/aromatic N) is 1. The average Bonchev–Trinajstić information content (AvgIpc) is 2.52. The van der Waals surface area contributed by atoms with E-state index >= 15 is 0 Å². The Morgan fingerprint density at radius 1 is 1.26 bits per heavy atom. The van der Waals surface area contributed by atoms with Crippen molar-refractivity contribution < 1.29 is 8.42 Å². The van der Waals surface area contributed by atoms with Gasteiger partial charge in [0.1, 0.15) is 0 Å². The Hall–Kier alpha value is -0.430. The molecule has 1 rings (SSSR count). The van der Waals surface area contributed by atoms with E-state index < -0.39 is 21.6 Å². The SMILES string of the molecule is CCS(=O)C1CCCC(NC(=NC)NCCS(=O)C(C)(C)C)C1. The molecule has 4 unspecified atom stereocenters. The maximum absolute atomic E-state index is 12.1. The lowest BCUT2D eigenvalue weighted by Gasteiger charge is -2.30. The van der Waals surface area contributed by atoms with Gasteiger partial charge in [0.05, 0.1) is 0 Å². The van der Waals surface area contributed by atoms with Crippen molar-refractivity contribution in [2.24, 2.45) is 4.99 Å². The molecule has 0 aliphatic heterocycles. The van der Waals surface area contributed by atoms with Gasteiger partial charge in [0, 0.05) is 62.7 Å². The fourth-order valence-electron chi connectivity index (χ4n) is 2.71. The molecular formula is C16H33N3O2S2. The van der Waals surface area contributed by atoms with E-state index in [-0.39, 0.29) is 4.75 Å². The lowest BCUT2D eigenvalue weighted by Crippen LogP contribution is -2.47. The fraction of sp³-hybridized carbons (Fsp3) is 0.938. The summed E-state index contributed by atoms with van der Waals surface area (Å²) in [5, 5.41) is 6.98. The van der Waals surface area contributed by atoms with Gasteiger partial charge in [-0.1, -0.05) is 13.3 Å². The Kier molecular flexibility index (Phi) is 8.75. The molecule has 1 saturated carbocycles. The molecule has 0 bridgehead atoms. The Balaban J connectivity index is 2.41. The Morgan fingerprint density at radius 2 is 1.96 bits per heavy atom. The summed E-state index contributed by atoms with van der Waals surface area (Å²) in [6, 6.07) is 0.323. The normalized spacial score (nSPS) is 25.7. The van der Waals surface area contributed by atoms with Gasteiger partial charge in [0.2, 0.25) is 0 Å². The highest BCUT2D eigenvalue weighted by Gasteiger charge is 2.26. The summed E-state index contributed by atoms with van der Waals surface area (Å²) in [4.78, 5) is 4.25. The van der Waals surface area contributed by atoms with E-state index in [1.807, 2.05) is 27.7 Å². The van der Waals surface area contributed by atoms with Gasteiger partial charge in [-0.15, -0.1) is 0 Å². The molecule has 0 aromatic carbocycles. The van der Waals surface area contributed by atoms with Gasteiger partial charge in [-0.25, -0.2) is 0 Å². The molecule has 5 nitrogen and oxygen atoms in total. The summed E-state index contributed by atoms with van der Waals surface area (Å²) in [6.07, 6.45) is 4.20. The topological polar surface area (TPSA) is 70.6 Å². The first-order chi connectivity index (χ1) is 10.8. The fourth-order valence-corrected chi connectivity index (χ4v) is 4.95. The van der Waals surface area contributed by atoms with Crippen LogP contribution in [0.1, 0.15) is 53.4 Å². The van der Waals surface area contributed by atoms with Crippen molar-refractivity contribution in [3.63, 3.8) is 0 Å². The monoisotopic (exact) mass is 363 g/mol. The van der Waals surface area contributed by atoms with Crippen LogP contribution in [0.25, 0.3) is 0 Å². The van der Waals surface area contributed by atoms with Gasteiger partial charge in [0.15, 0.2) is 5.96 Å². The van der Waals surface area contributed by atoms with Gasteiger partial charge in [-0.05, 0) is 40.0 Å². The molecule has 2 N–H and O–H groups in total. The van der Waals surface area contributed by atoms with Crippen molar-refractivity contribution in [2.45, 2.75) is 69.4 Å². The molecule has 23 heavy (non-hydrogen) atoms. The first-order valence-corrected chi connectivity index (χ1v) is 11.2. The summed E-state index contributed by atoms with van der Waals surface area (Å²) in [5.41, 5.74) is 0. The highest BCUT2D eigenvalue weighted by molar-refractivity contribution is 7.86. The second kappa shape index (κ2) is 9.77. The molecule has 1 aliphatic rings. The summed E-state index contributed by atoms with van der Waals surface area (Å²) >= 11 is 0. The quantitative estimate of drug-likeness (QED) is 0.557. The van der Waals surface area contributed by atoms with Crippen LogP contribution in [0.3, 0.4) is 0 Å². The van der Waals surface area contributed by atoms with Crippen LogP contribution in [0.2, 0.25) is 0 Å². The van der Waals surface area contributed by atoms with Gasteiger partial charge in [0.25, 0.3) is 0 Å². The third-order valence-electron chi connectivity index (χ3n) is 4.11. The maximum atomic E-state index is 12.1. The largest absolute Gasteiger partial charge is 0.355 e. The van der Waals surface area contributed by atoms with Crippen LogP contribution >= 0.6 is 0 Å². The molecule has 7 heteroatoms. The highest BCUT2D eigenvalue weighted by Crippen LogP contribution is 2.22. The van der Waals surface area contributed by atoms with E-state index in [0.29, 0.717) is 23.6 Å². The van der Waals surface area contributed by atoms with Crippen LogP contribution in [0.4, 0.5) is 0 Å². The number of hydrogen-bond acceptors (Lipinski definition) is 3. The van der Waals surface area contributed by atoms with Crippen molar-refractivity contribution in [1.29, 1.82) is 0 Å². The van der Waals surface area contributed by atoms with Crippen molar-refractivity contribution in [3.8, 4) is 0 Å². The molecule has 1 fully saturated rings. The van der Waals surface area contributed by atoms with E-state index in [1.54, 1.807) is 7.05 Å². The van der Waals surface area contributed by atoms with Crippen LogP contribution in [-0.4, -0.2) is 55.5 Å². The number of nitrogens with one attached hydrogen (secondary N) is 2. The maximum Gasteiger partial charge on any atom is 0.191 e. The molecule has 0 spiro atoms. The third kappa shape index (κ3) is 7.33. The molecule has 4 atom stereocenters. The third-order valence-corrected chi connectivity index (χ3v) is 7.79. The zero-order valence-electron chi connectivity index (χ0n) is 15.2. The highest BCUT2D eigenvalue weighted by atomic mass is 32.2. The van der Waals surface area contributed by atoms with Crippen molar-refractivity contribution in [3.05, 3.63) is 0 Å². The average molecular weight is 364 g/mol. The summed E-state index contributed by atoms with van der Waals surface area (Å²) in [5.74, 6) is 2.10. The van der Waals surface area contributed by atoms with E-state index in [4.69, 9.17) is 0 Å². The molecule has 1 aliphatic carbocycles. The van der Waals surface area contributed by atoms with Crippen LogP contribution in [0.15, 0.2) is 4.99 Å². The second-order valence-corrected chi connectivity index (χ2v) is 11.3. The molecular weight excluding hydrogens is 330 g/mol. The van der Waals surface area contributed by atoms with Gasteiger partial charge >= 0.3 is 0 Å². The minimum absolute atomic E-state index is 0.181. The predicted octanol–water partition coefficient (Wildman–Crippen LogP) is 1.78. The minimum Gasteiger partial charge on any atom is -0.355 e. The number of rotatable bonds is 6. The smallest absolute Gasteiger partial charge is 0.191 e. The van der Waals surface area contributed by atoms with Crippen LogP contribution in [-0.2, 0) is 21.6 Å². The van der Waals surface area contributed by atoms with E-state index in [9.17, 15) is 8.42 Å². The van der Waals surface area contributed by atoms with E-state index in [1.165, 1.54) is 0 Å². The van der Waals surface area contributed by atoms with Crippen LogP contribution in [0.5, 0.6) is 0 Å². The first-order valence-electron chi connectivity index (χ1n) is 8.50. The van der Waals surface area contributed by atoms with Crippen molar-refractivity contribution in [1.82, 2.24) is 10.6 Å². The lowest BCUT2D eigenvalue weighted by molar-refractivity contribution is 0.414. The number of hydrogen-bond donors (Lipinski definition) is 2. The van der Waals surface area contributed by atoms with Gasteiger partial charge < -0.3 is 10.6 Å². The molecule has 0 radical (unpaired) electrons. The predicted molar refractivity (Wildman–Crippen MR) is 102 cm³/mol. The lowest BCUT2D eigenvalue weighted by atomic mass is 9.95. The number of aliphatic imine (C=N–C) groups is 1. The molecule has 0 heterocycles. The Morgan fingerprint density at radius 3 is 2.52 bits per heavy atom. The second-order valence-electron chi connectivity index (χ2n) is 6.96. The zero-order valence-corrected chi connectivity index (χ0v) is 16.8. The summed E-state index contributed by atoms with van der Waals surface area (Å²) in [7, 11) is 0.177. The van der Waals surface area contributed by atoms with E-state index in [0.717, 1.165) is 37.4 Å². The molecule has 0 aromatic heterocycles. The van der Waals surface area contributed by atoms with Crippen molar-refractivity contribution >= 4 is 27.6 Å². The summed E-state index contributed by atoms with van der Waals surface area (Å²) in [6.45, 7) is 8.61. The first kappa shape index (κ1) is 20.6.